The van der Waals surface area contributed by atoms with E-state index in [4.69, 9.17) is 9.84 Å². The lowest BCUT2D eigenvalue weighted by Gasteiger charge is -2.63. The summed E-state index contributed by atoms with van der Waals surface area (Å²) < 4.78 is 5.21. The van der Waals surface area contributed by atoms with Crippen LogP contribution in [0.4, 0.5) is 0 Å². The molecule has 0 aromatic heterocycles. The summed E-state index contributed by atoms with van der Waals surface area (Å²) in [6.45, 7) is 7.15. The second-order valence-electron chi connectivity index (χ2n) is 12.8. The van der Waals surface area contributed by atoms with E-state index in [1.807, 2.05) is 0 Å². The highest BCUT2D eigenvalue weighted by Crippen LogP contribution is 2.68. The summed E-state index contributed by atoms with van der Waals surface area (Å²) >= 11 is 0. The molecule has 200 valence electrons. The van der Waals surface area contributed by atoms with Gasteiger partial charge in [-0.25, -0.2) is 0 Å². The van der Waals surface area contributed by atoms with E-state index in [1.165, 1.54) is 0 Å². The van der Waals surface area contributed by atoms with Gasteiger partial charge in [-0.2, -0.15) is 0 Å². The van der Waals surface area contributed by atoms with Crippen molar-refractivity contribution in [2.45, 2.75) is 110 Å². The molecule has 0 aliphatic heterocycles. The molecule has 4 aliphatic carbocycles. The number of rotatable bonds is 8. The molecule has 4 N–H and O–H groups in total. The first-order chi connectivity index (χ1) is 16.5. The van der Waals surface area contributed by atoms with Crippen LogP contribution in [0.5, 0.6) is 0 Å². The molecular weight excluding hydrogens is 448 g/mol. The predicted octanol–water partition coefficient (Wildman–Crippen LogP) is 3.77. The van der Waals surface area contributed by atoms with Gasteiger partial charge in [-0.05, 0) is 104 Å². The summed E-state index contributed by atoms with van der Waals surface area (Å²) in [6.07, 6.45) is 6.47. The minimum atomic E-state index is -0.999. The number of hydrogen-bond donors (Lipinski definition) is 4. The number of aliphatic carboxylic acids is 1. The summed E-state index contributed by atoms with van der Waals surface area (Å²) in [5.41, 5.74) is -0.142. The topological polar surface area (TPSA) is 124 Å². The van der Waals surface area contributed by atoms with Crippen LogP contribution in [-0.4, -0.2) is 57.3 Å². The van der Waals surface area contributed by atoms with Crippen LogP contribution >= 0.6 is 0 Å². The number of hydrogen-bond acceptors (Lipinski definition) is 6. The number of carboxylic acids is 1. The average molecular weight is 495 g/mol. The van der Waals surface area contributed by atoms with E-state index in [0.717, 1.165) is 57.8 Å². The summed E-state index contributed by atoms with van der Waals surface area (Å²) in [4.78, 5) is 22.3. The lowest BCUT2D eigenvalue weighted by atomic mass is 9.43. The zero-order chi connectivity index (χ0) is 25.5. The van der Waals surface area contributed by atoms with Crippen molar-refractivity contribution in [2.24, 2.45) is 46.3 Å². The van der Waals surface area contributed by atoms with Gasteiger partial charge in [0, 0.05) is 0 Å². The van der Waals surface area contributed by atoms with Gasteiger partial charge in [0.15, 0.2) is 0 Å². The molecule has 4 saturated carbocycles. The Morgan fingerprint density at radius 3 is 2.46 bits per heavy atom. The van der Waals surface area contributed by atoms with Crippen molar-refractivity contribution in [1.82, 2.24) is 0 Å². The Morgan fingerprint density at radius 1 is 1.00 bits per heavy atom. The molecular formula is C28H46O7. The third kappa shape index (κ3) is 4.89. The molecule has 0 saturated heterocycles. The Morgan fingerprint density at radius 2 is 1.74 bits per heavy atom. The SMILES string of the molecule is C[C@@H](CCCOC(=O)CCC(=O)O)C1CC[C@@H]2[C@@H]3[C@@H](C[C@@H](O)[C@@]12C)[C@]1(C)CC[C@H](O)C[C@H]1C[C@@H]3O. The fourth-order valence-electron chi connectivity index (χ4n) is 9.21. The molecule has 0 spiro atoms. The Labute approximate surface area is 209 Å². The monoisotopic (exact) mass is 494 g/mol. The molecule has 1 unspecified atom stereocenters. The minimum Gasteiger partial charge on any atom is -0.481 e. The second-order valence-corrected chi connectivity index (χ2v) is 12.8. The average Bonchev–Trinajstić information content (AvgIpc) is 3.15. The first-order valence-electron chi connectivity index (χ1n) is 13.9. The van der Waals surface area contributed by atoms with Crippen LogP contribution in [-0.2, 0) is 14.3 Å². The fraction of sp³-hybridized carbons (Fsp3) is 0.929. The number of ether oxygens (including phenoxy) is 1. The molecule has 0 aromatic rings. The first-order valence-corrected chi connectivity index (χ1v) is 13.9. The standard InChI is InChI=1S/C28H46O7/c1-16(5-4-12-35-25(34)9-8-24(32)33)19-6-7-20-26-21(15-23(31)28(19,20)3)27(2)11-10-18(29)13-17(27)14-22(26)30/h16-23,26,29-31H,4-15H2,1-3H3,(H,32,33)/t16-,17-,18-,19?,20+,21+,22-,23+,26+,27+,28-/m0/s1. The number of carboxylic acid groups (broad SMARTS) is 1. The van der Waals surface area contributed by atoms with Gasteiger partial charge in [0.1, 0.15) is 0 Å². The molecule has 0 heterocycles. The first kappa shape index (κ1) is 26.9. The number of esters is 1. The molecule has 0 amide bonds. The van der Waals surface area contributed by atoms with E-state index in [-0.39, 0.29) is 41.8 Å². The highest BCUT2D eigenvalue weighted by Gasteiger charge is 2.65. The van der Waals surface area contributed by atoms with Crippen LogP contribution in [0.2, 0.25) is 0 Å². The molecule has 0 aromatic carbocycles. The van der Waals surface area contributed by atoms with Crippen LogP contribution in [0.3, 0.4) is 0 Å². The van der Waals surface area contributed by atoms with E-state index >= 15 is 0 Å². The number of fused-ring (bicyclic) bond motifs is 5. The highest BCUT2D eigenvalue weighted by atomic mass is 16.5. The van der Waals surface area contributed by atoms with Gasteiger partial charge in [0.25, 0.3) is 0 Å². The van der Waals surface area contributed by atoms with Crippen LogP contribution in [0.1, 0.15) is 91.4 Å². The Bertz CT molecular complexity index is 785. The quantitative estimate of drug-likeness (QED) is 0.299. The third-order valence-corrected chi connectivity index (χ3v) is 11.1. The third-order valence-electron chi connectivity index (χ3n) is 11.1. The van der Waals surface area contributed by atoms with Gasteiger partial charge in [-0.3, -0.25) is 9.59 Å². The molecule has 35 heavy (non-hydrogen) atoms. The Balaban J connectivity index is 1.39. The van der Waals surface area contributed by atoms with Gasteiger partial charge < -0.3 is 25.2 Å². The van der Waals surface area contributed by atoms with Gasteiger partial charge in [0.05, 0.1) is 37.8 Å². The van der Waals surface area contributed by atoms with Crippen LogP contribution < -0.4 is 0 Å². The molecule has 4 fully saturated rings. The van der Waals surface area contributed by atoms with Crippen molar-refractivity contribution >= 4 is 11.9 Å². The van der Waals surface area contributed by atoms with Crippen LogP contribution in [0, 0.1) is 46.3 Å². The van der Waals surface area contributed by atoms with Crippen LogP contribution in [0.15, 0.2) is 0 Å². The Kier molecular flexibility index (Phi) is 7.90. The zero-order valence-corrected chi connectivity index (χ0v) is 21.7. The molecule has 4 aliphatic rings. The fourth-order valence-corrected chi connectivity index (χ4v) is 9.21. The van der Waals surface area contributed by atoms with Crippen molar-refractivity contribution < 1.29 is 34.8 Å². The van der Waals surface area contributed by atoms with Crippen molar-refractivity contribution in [3.63, 3.8) is 0 Å². The second kappa shape index (κ2) is 10.3. The number of aliphatic hydroxyl groups excluding tert-OH is 3. The van der Waals surface area contributed by atoms with Crippen LogP contribution in [0.25, 0.3) is 0 Å². The number of carbonyl (C=O) groups excluding carboxylic acids is 1. The minimum absolute atomic E-state index is 0.0830. The normalized spacial score (nSPS) is 45.7. The summed E-state index contributed by atoms with van der Waals surface area (Å²) in [7, 11) is 0. The van der Waals surface area contributed by atoms with Gasteiger partial charge >= 0.3 is 11.9 Å². The summed E-state index contributed by atoms with van der Waals surface area (Å²) in [6, 6.07) is 0. The lowest BCUT2D eigenvalue weighted by molar-refractivity contribution is -0.207. The zero-order valence-electron chi connectivity index (χ0n) is 21.7. The van der Waals surface area contributed by atoms with Gasteiger partial charge in [-0.1, -0.05) is 20.8 Å². The van der Waals surface area contributed by atoms with E-state index in [0.29, 0.717) is 36.2 Å². The molecule has 4 rings (SSSR count). The molecule has 7 heteroatoms. The largest absolute Gasteiger partial charge is 0.481 e. The summed E-state index contributed by atoms with van der Waals surface area (Å²) in [5.74, 6) is 0.408. The van der Waals surface area contributed by atoms with Crippen molar-refractivity contribution in [3.05, 3.63) is 0 Å². The maximum atomic E-state index is 11.7. The van der Waals surface area contributed by atoms with Crippen molar-refractivity contribution in [2.75, 3.05) is 6.61 Å². The smallest absolute Gasteiger partial charge is 0.306 e. The Hall–Kier alpha value is -1.18. The van der Waals surface area contributed by atoms with E-state index in [1.54, 1.807) is 0 Å². The summed E-state index contributed by atoms with van der Waals surface area (Å²) in [5, 5.41) is 42.0. The number of aliphatic hydroxyl groups is 3. The van der Waals surface area contributed by atoms with Gasteiger partial charge in [-0.15, -0.1) is 0 Å². The van der Waals surface area contributed by atoms with Gasteiger partial charge in [0.2, 0.25) is 0 Å². The molecule has 0 bridgehead atoms. The molecule has 11 atom stereocenters. The number of carbonyl (C=O) groups is 2. The molecule has 7 nitrogen and oxygen atoms in total. The maximum absolute atomic E-state index is 11.7. The van der Waals surface area contributed by atoms with Crippen molar-refractivity contribution in [1.29, 1.82) is 0 Å². The van der Waals surface area contributed by atoms with E-state index < -0.39 is 18.0 Å². The maximum Gasteiger partial charge on any atom is 0.306 e. The highest BCUT2D eigenvalue weighted by molar-refractivity contribution is 5.76. The lowest BCUT2D eigenvalue weighted by Crippen LogP contribution is -2.62. The van der Waals surface area contributed by atoms with Crippen molar-refractivity contribution in [3.8, 4) is 0 Å². The van der Waals surface area contributed by atoms with E-state index in [2.05, 4.69) is 20.8 Å². The van der Waals surface area contributed by atoms with E-state index in [9.17, 15) is 24.9 Å². The molecule has 0 radical (unpaired) electrons. The predicted molar refractivity (Wildman–Crippen MR) is 130 cm³/mol.